The highest BCUT2D eigenvalue weighted by atomic mass is 35.5. The monoisotopic (exact) mass is 264 g/mol. The molecule has 1 heterocycles. The number of hydrogen-bond donors (Lipinski definition) is 0. The summed E-state index contributed by atoms with van der Waals surface area (Å²) in [6, 6.07) is 5.45. The molecule has 0 unspecified atom stereocenters. The molecule has 0 N–H and O–H groups in total. The van der Waals surface area contributed by atoms with Crippen LogP contribution in [-0.2, 0) is 0 Å². The van der Waals surface area contributed by atoms with Gasteiger partial charge in [0.05, 0.1) is 0 Å². The van der Waals surface area contributed by atoms with E-state index in [0.29, 0.717) is 23.4 Å². The second kappa shape index (κ2) is 6.01. The maximum atomic E-state index is 12.4. The first-order valence-electron chi connectivity index (χ1n) is 6.27. The molecule has 0 atom stereocenters. The van der Waals surface area contributed by atoms with E-state index < -0.39 is 0 Å². The predicted octanol–water partition coefficient (Wildman–Crippen LogP) is 3.31. The van der Waals surface area contributed by atoms with E-state index in [1.807, 2.05) is 4.90 Å². The summed E-state index contributed by atoms with van der Waals surface area (Å²) in [5, 5.41) is 0.353. The van der Waals surface area contributed by atoms with Crippen molar-refractivity contribution < 1.29 is 4.79 Å². The number of halogens is 1. The zero-order valence-electron chi connectivity index (χ0n) is 10.3. The Morgan fingerprint density at radius 1 is 1.50 bits per heavy atom. The Labute approximate surface area is 112 Å². The topological polar surface area (TPSA) is 33.2 Å². The molecule has 1 saturated carbocycles. The van der Waals surface area contributed by atoms with Crippen LogP contribution in [0.1, 0.15) is 36.2 Å². The Morgan fingerprint density at radius 3 is 2.83 bits per heavy atom. The third-order valence-corrected chi connectivity index (χ3v) is 3.50. The van der Waals surface area contributed by atoms with Gasteiger partial charge in [0.2, 0.25) is 0 Å². The largest absolute Gasteiger partial charge is 0.331 e. The Balaban J connectivity index is 2.19. The van der Waals surface area contributed by atoms with Gasteiger partial charge in [-0.2, -0.15) is 0 Å². The van der Waals surface area contributed by atoms with Crippen molar-refractivity contribution >= 4 is 17.5 Å². The summed E-state index contributed by atoms with van der Waals surface area (Å²) in [5.74, 6) is -0.0516. The van der Waals surface area contributed by atoms with Crippen LogP contribution in [0.15, 0.2) is 30.9 Å². The van der Waals surface area contributed by atoms with Crippen LogP contribution in [-0.4, -0.2) is 28.4 Å². The lowest BCUT2D eigenvalue weighted by Gasteiger charge is -2.27. The maximum absolute atomic E-state index is 12.4. The van der Waals surface area contributed by atoms with Crippen molar-refractivity contribution in [3.8, 4) is 0 Å². The second-order valence-corrected chi connectivity index (χ2v) is 4.92. The maximum Gasteiger partial charge on any atom is 0.273 e. The molecule has 0 saturated heterocycles. The SMILES string of the molecule is C=CCN(C(=O)c1cccc(Cl)n1)C1CCCC1. The van der Waals surface area contributed by atoms with Crippen LogP contribution >= 0.6 is 11.6 Å². The van der Waals surface area contributed by atoms with Crippen molar-refractivity contribution in [1.82, 2.24) is 9.88 Å². The van der Waals surface area contributed by atoms with Crippen molar-refractivity contribution in [2.24, 2.45) is 0 Å². The lowest BCUT2D eigenvalue weighted by atomic mass is 10.2. The molecule has 3 nitrogen and oxygen atoms in total. The quantitative estimate of drug-likeness (QED) is 0.617. The molecule has 0 aromatic carbocycles. The predicted molar refractivity (Wildman–Crippen MR) is 72.7 cm³/mol. The molecule has 1 fully saturated rings. The van der Waals surface area contributed by atoms with E-state index in [2.05, 4.69) is 11.6 Å². The lowest BCUT2D eigenvalue weighted by Crippen LogP contribution is -2.39. The first kappa shape index (κ1) is 13.1. The molecule has 1 aliphatic carbocycles. The van der Waals surface area contributed by atoms with Crippen LogP contribution in [0, 0.1) is 0 Å². The molecule has 1 aliphatic rings. The highest BCUT2D eigenvalue weighted by Crippen LogP contribution is 2.24. The average Bonchev–Trinajstić information content (AvgIpc) is 2.89. The number of carbonyl (C=O) groups is 1. The van der Waals surface area contributed by atoms with Gasteiger partial charge in [0.1, 0.15) is 10.8 Å². The fourth-order valence-electron chi connectivity index (χ4n) is 2.43. The summed E-state index contributed by atoms with van der Waals surface area (Å²) in [6.45, 7) is 4.29. The minimum Gasteiger partial charge on any atom is -0.331 e. The van der Waals surface area contributed by atoms with E-state index in [-0.39, 0.29) is 5.91 Å². The number of carbonyl (C=O) groups excluding carboxylic acids is 1. The molecule has 1 aromatic heterocycles. The minimum atomic E-state index is -0.0516. The fourth-order valence-corrected chi connectivity index (χ4v) is 2.59. The van der Waals surface area contributed by atoms with Crippen molar-refractivity contribution in [2.45, 2.75) is 31.7 Å². The van der Waals surface area contributed by atoms with Crippen LogP contribution in [0.4, 0.5) is 0 Å². The van der Waals surface area contributed by atoms with E-state index in [1.165, 1.54) is 12.8 Å². The van der Waals surface area contributed by atoms with Crippen LogP contribution in [0.5, 0.6) is 0 Å². The number of amides is 1. The van der Waals surface area contributed by atoms with Gasteiger partial charge in [0, 0.05) is 12.6 Å². The number of nitrogens with zero attached hydrogens (tertiary/aromatic N) is 2. The lowest BCUT2D eigenvalue weighted by molar-refractivity contribution is 0.0700. The second-order valence-electron chi connectivity index (χ2n) is 4.53. The smallest absolute Gasteiger partial charge is 0.273 e. The summed E-state index contributed by atoms with van der Waals surface area (Å²) in [5.41, 5.74) is 0.413. The van der Waals surface area contributed by atoms with Gasteiger partial charge in [-0.3, -0.25) is 4.79 Å². The highest BCUT2D eigenvalue weighted by molar-refractivity contribution is 6.29. The molecule has 1 amide bonds. The molecule has 96 valence electrons. The van der Waals surface area contributed by atoms with Gasteiger partial charge in [0.15, 0.2) is 0 Å². The zero-order chi connectivity index (χ0) is 13.0. The van der Waals surface area contributed by atoms with E-state index in [1.54, 1.807) is 24.3 Å². The van der Waals surface area contributed by atoms with Crippen molar-refractivity contribution in [3.63, 3.8) is 0 Å². The number of aromatic nitrogens is 1. The van der Waals surface area contributed by atoms with Gasteiger partial charge >= 0.3 is 0 Å². The fraction of sp³-hybridized carbons (Fsp3) is 0.429. The van der Waals surface area contributed by atoms with E-state index in [0.717, 1.165) is 12.8 Å². The minimum absolute atomic E-state index is 0.0516. The first-order valence-corrected chi connectivity index (χ1v) is 6.64. The molecule has 18 heavy (non-hydrogen) atoms. The Kier molecular flexibility index (Phi) is 4.37. The molecular weight excluding hydrogens is 248 g/mol. The molecule has 1 aromatic rings. The van der Waals surface area contributed by atoms with Crippen molar-refractivity contribution in [1.29, 1.82) is 0 Å². The highest BCUT2D eigenvalue weighted by Gasteiger charge is 2.27. The zero-order valence-corrected chi connectivity index (χ0v) is 11.1. The summed E-state index contributed by atoms with van der Waals surface area (Å²) in [7, 11) is 0. The van der Waals surface area contributed by atoms with Crippen LogP contribution in [0.25, 0.3) is 0 Å². The summed E-state index contributed by atoms with van der Waals surface area (Å²) in [6.07, 6.45) is 6.28. The summed E-state index contributed by atoms with van der Waals surface area (Å²) < 4.78 is 0. The molecule has 0 aliphatic heterocycles. The van der Waals surface area contributed by atoms with Gasteiger partial charge in [-0.15, -0.1) is 6.58 Å². The third kappa shape index (κ3) is 2.91. The Bertz CT molecular complexity index is 441. The Hall–Kier alpha value is -1.35. The number of rotatable bonds is 4. The van der Waals surface area contributed by atoms with Gasteiger partial charge in [-0.25, -0.2) is 4.98 Å². The van der Waals surface area contributed by atoms with Crippen LogP contribution in [0.3, 0.4) is 0 Å². The van der Waals surface area contributed by atoms with Gasteiger partial charge in [-0.05, 0) is 25.0 Å². The molecule has 0 spiro atoms. The van der Waals surface area contributed by atoms with E-state index in [9.17, 15) is 4.79 Å². The average molecular weight is 265 g/mol. The summed E-state index contributed by atoms with van der Waals surface area (Å²) in [4.78, 5) is 18.4. The van der Waals surface area contributed by atoms with Gasteiger partial charge < -0.3 is 4.90 Å². The molecule has 2 rings (SSSR count). The van der Waals surface area contributed by atoms with Crippen molar-refractivity contribution in [2.75, 3.05) is 6.54 Å². The molecule has 0 radical (unpaired) electrons. The van der Waals surface area contributed by atoms with Crippen LogP contribution in [0.2, 0.25) is 5.15 Å². The summed E-state index contributed by atoms with van der Waals surface area (Å²) >= 11 is 5.83. The van der Waals surface area contributed by atoms with Gasteiger partial charge in [0.25, 0.3) is 5.91 Å². The molecule has 0 bridgehead atoms. The van der Waals surface area contributed by atoms with Crippen molar-refractivity contribution in [3.05, 3.63) is 41.7 Å². The number of hydrogen-bond acceptors (Lipinski definition) is 2. The molecular formula is C14H17ClN2O. The number of pyridine rings is 1. The van der Waals surface area contributed by atoms with E-state index >= 15 is 0 Å². The van der Waals surface area contributed by atoms with Gasteiger partial charge in [-0.1, -0.05) is 36.6 Å². The standard InChI is InChI=1S/C14H17ClN2O/c1-2-10-17(11-6-3-4-7-11)14(18)12-8-5-9-13(15)16-12/h2,5,8-9,11H,1,3-4,6-7,10H2. The third-order valence-electron chi connectivity index (χ3n) is 3.29. The molecule has 4 heteroatoms. The Morgan fingerprint density at radius 2 is 2.22 bits per heavy atom. The normalized spacial score (nSPS) is 15.6. The van der Waals surface area contributed by atoms with Crippen LogP contribution < -0.4 is 0 Å². The van der Waals surface area contributed by atoms with E-state index in [4.69, 9.17) is 11.6 Å². The first-order chi connectivity index (χ1) is 8.72.